The van der Waals surface area contributed by atoms with Gasteiger partial charge in [0.2, 0.25) is 5.88 Å². The van der Waals surface area contributed by atoms with Crippen molar-refractivity contribution in [3.8, 4) is 11.6 Å². The zero-order chi connectivity index (χ0) is 20.7. The first-order valence-electron chi connectivity index (χ1n) is 8.21. The van der Waals surface area contributed by atoms with E-state index in [4.69, 9.17) is 40.2 Å². The smallest absolute Gasteiger partial charge is 0.269 e. The normalized spacial score (nSPS) is 15.6. The van der Waals surface area contributed by atoms with Crippen LogP contribution >= 0.6 is 47.2 Å². The maximum Gasteiger partial charge on any atom is 0.269 e. The molecule has 1 saturated heterocycles. The lowest BCUT2D eigenvalue weighted by molar-refractivity contribution is -0.121. The molecule has 0 bridgehead atoms. The quantitative estimate of drug-likeness (QED) is 0.416. The van der Waals surface area contributed by atoms with Crippen LogP contribution in [-0.2, 0) is 4.79 Å². The van der Waals surface area contributed by atoms with Crippen LogP contribution in [-0.4, -0.2) is 31.6 Å². The summed E-state index contributed by atoms with van der Waals surface area (Å²) in [5.74, 6) is 0.000709. The molecule has 0 radical (unpaired) electrons. The molecule has 10 heteroatoms. The minimum absolute atomic E-state index is 0.0202. The molecule has 0 unspecified atom stereocenters. The van der Waals surface area contributed by atoms with Crippen LogP contribution in [0, 0.1) is 0 Å². The predicted octanol–water partition coefficient (Wildman–Crippen LogP) is 4.62. The highest BCUT2D eigenvalue weighted by Crippen LogP contribution is 2.35. The highest BCUT2D eigenvalue weighted by Gasteiger charge is 2.30. The second-order valence-electron chi connectivity index (χ2n) is 5.98. The van der Waals surface area contributed by atoms with E-state index in [0.29, 0.717) is 19.9 Å². The number of rotatable bonds is 3. The summed E-state index contributed by atoms with van der Waals surface area (Å²) < 4.78 is 7.63. The molecule has 0 atom stereocenters. The van der Waals surface area contributed by atoms with Gasteiger partial charge >= 0.3 is 0 Å². The average molecular weight is 464 g/mol. The van der Waals surface area contributed by atoms with Crippen LogP contribution in [0.2, 0.25) is 10.0 Å². The standard InChI is InChI=1S/C19H11Cl2N3O3S2/c1-23-18(26)14(29-19(23)28)9-11-16(27-13-6-5-10(20)8-12(13)21)22-15-4-2-3-7-24(15)17(11)25/h2-9H,1H3. The summed E-state index contributed by atoms with van der Waals surface area (Å²) in [5, 5.41) is 0.708. The number of benzene rings is 1. The van der Waals surface area contributed by atoms with E-state index in [-0.39, 0.29) is 28.1 Å². The van der Waals surface area contributed by atoms with E-state index in [2.05, 4.69) is 4.98 Å². The van der Waals surface area contributed by atoms with Crippen LogP contribution in [0.1, 0.15) is 5.56 Å². The van der Waals surface area contributed by atoms with Gasteiger partial charge in [0.1, 0.15) is 21.3 Å². The molecule has 1 aromatic carbocycles. The average Bonchev–Trinajstić information content (AvgIpc) is 2.93. The van der Waals surface area contributed by atoms with Gasteiger partial charge in [-0.3, -0.25) is 18.9 Å². The van der Waals surface area contributed by atoms with Gasteiger partial charge in [-0.05, 0) is 36.4 Å². The van der Waals surface area contributed by atoms with Crippen LogP contribution in [0.5, 0.6) is 11.6 Å². The highest BCUT2D eigenvalue weighted by molar-refractivity contribution is 8.26. The number of pyridine rings is 1. The SMILES string of the molecule is CN1C(=O)C(=Cc2c(Oc3ccc(Cl)cc3Cl)nc3ccccn3c2=O)SC1=S. The Labute approximate surface area is 184 Å². The van der Waals surface area contributed by atoms with Crippen molar-refractivity contribution in [3.63, 3.8) is 0 Å². The number of halogens is 2. The lowest BCUT2D eigenvalue weighted by Gasteiger charge is -2.11. The van der Waals surface area contributed by atoms with E-state index in [1.165, 1.54) is 21.4 Å². The van der Waals surface area contributed by atoms with Crippen LogP contribution in [0.3, 0.4) is 0 Å². The van der Waals surface area contributed by atoms with Crippen molar-refractivity contribution in [2.45, 2.75) is 0 Å². The molecule has 1 aliphatic heterocycles. The fraction of sp³-hybridized carbons (Fsp3) is 0.0526. The Hall–Kier alpha value is -2.39. The number of carbonyl (C=O) groups is 1. The second-order valence-corrected chi connectivity index (χ2v) is 8.50. The van der Waals surface area contributed by atoms with Crippen molar-refractivity contribution in [2.75, 3.05) is 7.05 Å². The third-order valence-electron chi connectivity index (χ3n) is 4.10. The van der Waals surface area contributed by atoms with Gasteiger partial charge in [-0.1, -0.05) is 53.2 Å². The van der Waals surface area contributed by atoms with E-state index in [0.717, 1.165) is 11.8 Å². The zero-order valence-electron chi connectivity index (χ0n) is 14.8. The first-order chi connectivity index (χ1) is 13.8. The fourth-order valence-electron chi connectivity index (χ4n) is 2.62. The van der Waals surface area contributed by atoms with Gasteiger partial charge in [-0.25, -0.2) is 0 Å². The van der Waals surface area contributed by atoms with Gasteiger partial charge in [-0.2, -0.15) is 4.98 Å². The molecule has 1 amide bonds. The first-order valence-corrected chi connectivity index (χ1v) is 10.2. The Balaban J connectivity index is 1.91. The summed E-state index contributed by atoms with van der Waals surface area (Å²) in [7, 11) is 1.58. The predicted molar refractivity (Wildman–Crippen MR) is 119 cm³/mol. The Morgan fingerprint density at radius 3 is 2.69 bits per heavy atom. The summed E-state index contributed by atoms with van der Waals surface area (Å²) in [6, 6.07) is 9.85. The first kappa shape index (κ1) is 19.9. The van der Waals surface area contributed by atoms with Gasteiger partial charge in [0.05, 0.1) is 9.93 Å². The Morgan fingerprint density at radius 2 is 2.00 bits per heavy atom. The molecule has 29 heavy (non-hydrogen) atoms. The third-order valence-corrected chi connectivity index (χ3v) is 6.11. The Kier molecular flexibility index (Phi) is 5.35. The molecule has 6 nitrogen and oxygen atoms in total. The number of likely N-dealkylation sites (N-methyl/N-ethyl adjacent to an activating group) is 1. The molecular weight excluding hydrogens is 453 g/mol. The molecule has 0 saturated carbocycles. The van der Waals surface area contributed by atoms with Crippen molar-refractivity contribution >= 4 is 69.1 Å². The third kappa shape index (κ3) is 3.76. The van der Waals surface area contributed by atoms with Gasteiger partial charge in [0, 0.05) is 18.3 Å². The summed E-state index contributed by atoms with van der Waals surface area (Å²) in [4.78, 5) is 31.6. The number of thiocarbonyl (C=S) groups is 1. The number of hydrogen-bond acceptors (Lipinski definition) is 6. The second kappa shape index (κ2) is 7.79. The number of hydrogen-bond donors (Lipinski definition) is 0. The summed E-state index contributed by atoms with van der Waals surface area (Å²) in [5.41, 5.74) is 0.100. The Morgan fingerprint density at radius 1 is 1.21 bits per heavy atom. The molecule has 2 aromatic heterocycles. The largest absolute Gasteiger partial charge is 0.437 e. The number of ether oxygens (including phenoxy) is 1. The number of carbonyl (C=O) groups excluding carboxylic acids is 1. The molecule has 0 N–H and O–H groups in total. The number of thioether (sulfide) groups is 1. The summed E-state index contributed by atoms with van der Waals surface area (Å²) >= 11 is 18.4. The molecule has 1 fully saturated rings. The lowest BCUT2D eigenvalue weighted by Crippen LogP contribution is -2.23. The van der Waals surface area contributed by atoms with Crippen molar-refractivity contribution in [1.29, 1.82) is 0 Å². The Bertz CT molecular complexity index is 1270. The minimum Gasteiger partial charge on any atom is -0.437 e. The van der Waals surface area contributed by atoms with Gasteiger partial charge in [-0.15, -0.1) is 0 Å². The number of aromatic nitrogens is 2. The topological polar surface area (TPSA) is 63.9 Å². The van der Waals surface area contributed by atoms with E-state index in [1.54, 1.807) is 43.6 Å². The van der Waals surface area contributed by atoms with Crippen LogP contribution in [0.15, 0.2) is 52.3 Å². The zero-order valence-corrected chi connectivity index (χ0v) is 17.9. The molecule has 146 valence electrons. The van der Waals surface area contributed by atoms with E-state index in [9.17, 15) is 9.59 Å². The molecule has 1 aliphatic rings. The van der Waals surface area contributed by atoms with Gasteiger partial charge in [0.25, 0.3) is 11.5 Å². The molecular formula is C19H11Cl2N3O3S2. The monoisotopic (exact) mass is 463 g/mol. The lowest BCUT2D eigenvalue weighted by atomic mass is 10.2. The number of fused-ring (bicyclic) bond motifs is 1. The van der Waals surface area contributed by atoms with Crippen LogP contribution < -0.4 is 10.3 Å². The number of nitrogens with zero attached hydrogens (tertiary/aromatic N) is 3. The van der Waals surface area contributed by atoms with E-state index in [1.807, 2.05) is 0 Å². The molecule has 3 aromatic rings. The van der Waals surface area contributed by atoms with Crippen molar-refractivity contribution in [3.05, 3.63) is 73.5 Å². The van der Waals surface area contributed by atoms with Gasteiger partial charge < -0.3 is 4.74 Å². The van der Waals surface area contributed by atoms with Crippen LogP contribution in [0.25, 0.3) is 11.7 Å². The molecule has 0 spiro atoms. The van der Waals surface area contributed by atoms with E-state index >= 15 is 0 Å². The summed E-state index contributed by atoms with van der Waals surface area (Å²) in [6.45, 7) is 0. The maximum absolute atomic E-state index is 13.1. The van der Waals surface area contributed by atoms with Crippen molar-refractivity contribution in [1.82, 2.24) is 14.3 Å². The minimum atomic E-state index is -0.392. The maximum atomic E-state index is 13.1. The molecule has 3 heterocycles. The van der Waals surface area contributed by atoms with Crippen LogP contribution in [0.4, 0.5) is 0 Å². The number of amides is 1. The summed E-state index contributed by atoms with van der Waals surface area (Å²) in [6.07, 6.45) is 3.03. The van der Waals surface area contributed by atoms with Crippen molar-refractivity contribution in [2.24, 2.45) is 0 Å². The highest BCUT2D eigenvalue weighted by atomic mass is 35.5. The molecule has 4 rings (SSSR count). The van der Waals surface area contributed by atoms with Gasteiger partial charge in [0.15, 0.2) is 0 Å². The van der Waals surface area contributed by atoms with E-state index < -0.39 is 5.56 Å². The molecule has 0 aliphatic carbocycles. The van der Waals surface area contributed by atoms with Crippen molar-refractivity contribution < 1.29 is 9.53 Å². The fourth-order valence-corrected chi connectivity index (χ4v) is 4.23.